The van der Waals surface area contributed by atoms with E-state index in [4.69, 9.17) is 9.63 Å². The number of benzene rings is 1. The molecule has 0 unspecified atom stereocenters. The van der Waals surface area contributed by atoms with Gasteiger partial charge in [-0.05, 0) is 31.0 Å². The van der Waals surface area contributed by atoms with Crippen LogP contribution in [0.2, 0.25) is 0 Å². The Bertz CT molecular complexity index is 645. The van der Waals surface area contributed by atoms with Crippen LogP contribution in [-0.4, -0.2) is 28.7 Å². The summed E-state index contributed by atoms with van der Waals surface area (Å²) in [5.41, 5.74) is 3.19. The van der Waals surface area contributed by atoms with E-state index in [0.717, 1.165) is 16.5 Å². The molecule has 0 fully saturated rings. The zero-order valence-electron chi connectivity index (χ0n) is 10.7. The Labute approximate surface area is 109 Å². The van der Waals surface area contributed by atoms with Crippen molar-refractivity contribution in [3.63, 3.8) is 0 Å². The molecule has 19 heavy (non-hydrogen) atoms. The number of carboxylic acids is 1. The Morgan fingerprint density at radius 2 is 2.11 bits per heavy atom. The van der Waals surface area contributed by atoms with Crippen LogP contribution in [0.4, 0.5) is 0 Å². The number of carboxylic acid groups (broad SMARTS) is 1. The fourth-order valence-electron chi connectivity index (χ4n) is 1.96. The van der Waals surface area contributed by atoms with Crippen molar-refractivity contribution in [3.05, 3.63) is 29.0 Å². The van der Waals surface area contributed by atoms with Crippen molar-refractivity contribution in [1.29, 1.82) is 0 Å². The number of aromatic nitrogens is 1. The minimum Gasteiger partial charge on any atom is -0.480 e. The van der Waals surface area contributed by atoms with Crippen molar-refractivity contribution >= 4 is 22.8 Å². The molecule has 0 bridgehead atoms. The Balaban J connectivity index is 2.22. The number of aryl methyl sites for hydroxylation is 2. The number of hydrogen-bond acceptors (Lipinski definition) is 4. The number of rotatable bonds is 4. The smallest absolute Gasteiger partial charge is 0.322 e. The van der Waals surface area contributed by atoms with E-state index in [1.165, 1.54) is 0 Å². The monoisotopic (exact) mass is 262 g/mol. The maximum absolute atomic E-state index is 11.6. The van der Waals surface area contributed by atoms with Gasteiger partial charge in [-0.3, -0.25) is 9.59 Å². The highest BCUT2D eigenvalue weighted by Gasteiger charge is 2.14. The number of carbonyl (C=O) groups excluding carboxylic acids is 1. The second-order valence-electron chi connectivity index (χ2n) is 4.44. The first-order valence-electron chi connectivity index (χ1n) is 5.81. The van der Waals surface area contributed by atoms with Crippen LogP contribution in [0.15, 0.2) is 16.7 Å². The molecule has 0 spiro atoms. The van der Waals surface area contributed by atoms with Crippen molar-refractivity contribution in [3.8, 4) is 0 Å². The van der Waals surface area contributed by atoms with Crippen LogP contribution in [0.1, 0.15) is 16.8 Å². The largest absolute Gasteiger partial charge is 0.480 e. The predicted octanol–water partition coefficient (Wildman–Crippen LogP) is 1.19. The van der Waals surface area contributed by atoms with Crippen molar-refractivity contribution in [2.24, 2.45) is 0 Å². The summed E-state index contributed by atoms with van der Waals surface area (Å²) in [6.45, 7) is 3.47. The molecule has 0 saturated heterocycles. The van der Waals surface area contributed by atoms with Crippen LogP contribution in [0.25, 0.3) is 11.0 Å². The fourth-order valence-corrected chi connectivity index (χ4v) is 1.96. The fraction of sp³-hybridized carbons (Fsp3) is 0.308. The molecule has 0 aliphatic carbocycles. The van der Waals surface area contributed by atoms with E-state index in [1.807, 2.05) is 26.0 Å². The van der Waals surface area contributed by atoms with Crippen LogP contribution in [0.3, 0.4) is 0 Å². The first-order valence-corrected chi connectivity index (χ1v) is 5.81. The summed E-state index contributed by atoms with van der Waals surface area (Å²) in [5.74, 6) is -1.47. The molecule has 0 aliphatic rings. The molecule has 1 aromatic heterocycles. The van der Waals surface area contributed by atoms with Gasteiger partial charge in [-0.2, -0.15) is 0 Å². The number of nitrogens with one attached hydrogen (secondary N) is 1. The number of hydrogen-bond donors (Lipinski definition) is 2. The molecule has 100 valence electrons. The molecule has 1 amide bonds. The minimum absolute atomic E-state index is 0.00315. The van der Waals surface area contributed by atoms with Crippen molar-refractivity contribution in [2.45, 2.75) is 20.3 Å². The highest BCUT2D eigenvalue weighted by molar-refractivity contribution is 5.89. The quantitative estimate of drug-likeness (QED) is 0.863. The second-order valence-corrected chi connectivity index (χ2v) is 4.44. The number of aliphatic carboxylic acids is 1. The van der Waals surface area contributed by atoms with Gasteiger partial charge in [0.05, 0.1) is 6.42 Å². The second kappa shape index (κ2) is 5.09. The maximum atomic E-state index is 11.6. The lowest BCUT2D eigenvalue weighted by Crippen LogP contribution is -2.30. The molecule has 0 saturated carbocycles. The van der Waals surface area contributed by atoms with Crippen molar-refractivity contribution in [2.75, 3.05) is 6.54 Å². The summed E-state index contributed by atoms with van der Waals surface area (Å²) in [6, 6.07) is 3.88. The van der Waals surface area contributed by atoms with Crippen LogP contribution < -0.4 is 5.32 Å². The molecule has 1 aromatic carbocycles. The van der Waals surface area contributed by atoms with Crippen molar-refractivity contribution < 1.29 is 19.2 Å². The van der Waals surface area contributed by atoms with Gasteiger partial charge < -0.3 is 14.9 Å². The molecule has 1 heterocycles. The summed E-state index contributed by atoms with van der Waals surface area (Å²) >= 11 is 0. The lowest BCUT2D eigenvalue weighted by Gasteiger charge is -2.01. The topological polar surface area (TPSA) is 92.4 Å². The van der Waals surface area contributed by atoms with Gasteiger partial charge in [0.2, 0.25) is 5.91 Å². The van der Waals surface area contributed by atoms with Gasteiger partial charge in [0.25, 0.3) is 0 Å². The molecular weight excluding hydrogens is 248 g/mol. The number of fused-ring (bicyclic) bond motifs is 1. The van der Waals surface area contributed by atoms with E-state index in [1.54, 1.807) is 0 Å². The zero-order chi connectivity index (χ0) is 14.0. The first kappa shape index (κ1) is 13.1. The maximum Gasteiger partial charge on any atom is 0.322 e. The Morgan fingerprint density at radius 3 is 2.79 bits per heavy atom. The van der Waals surface area contributed by atoms with Crippen LogP contribution in [0, 0.1) is 13.8 Å². The Hall–Kier alpha value is -2.37. The molecule has 6 heteroatoms. The first-order chi connectivity index (χ1) is 8.97. The SMILES string of the molecule is Cc1cc(C)c2onc(CC(=O)NCC(=O)O)c2c1. The molecule has 6 nitrogen and oxygen atoms in total. The molecule has 2 aromatic rings. The van der Waals surface area contributed by atoms with E-state index in [2.05, 4.69) is 10.5 Å². The lowest BCUT2D eigenvalue weighted by molar-refractivity contribution is -0.137. The highest BCUT2D eigenvalue weighted by atomic mass is 16.5. The zero-order valence-corrected chi connectivity index (χ0v) is 10.7. The van der Waals surface area contributed by atoms with Crippen LogP contribution >= 0.6 is 0 Å². The summed E-state index contributed by atoms with van der Waals surface area (Å²) in [6.07, 6.45) is 0.00315. The highest BCUT2D eigenvalue weighted by Crippen LogP contribution is 2.23. The standard InChI is InChI=1S/C13H14N2O4/c1-7-3-8(2)13-9(4-7)10(15-19-13)5-11(16)14-6-12(17)18/h3-4H,5-6H2,1-2H3,(H,14,16)(H,17,18). The Kier molecular flexibility index (Phi) is 3.50. The van der Waals surface area contributed by atoms with E-state index in [9.17, 15) is 9.59 Å². The van der Waals surface area contributed by atoms with Crippen LogP contribution in [-0.2, 0) is 16.0 Å². The summed E-state index contributed by atoms with van der Waals surface area (Å²) in [5, 5.41) is 15.5. The van der Waals surface area contributed by atoms with E-state index in [0.29, 0.717) is 11.3 Å². The molecular formula is C13H14N2O4. The average molecular weight is 262 g/mol. The van der Waals surface area contributed by atoms with Crippen LogP contribution in [0.5, 0.6) is 0 Å². The molecule has 0 atom stereocenters. The van der Waals surface area contributed by atoms with Crippen molar-refractivity contribution in [1.82, 2.24) is 10.5 Å². The average Bonchev–Trinajstić information content (AvgIpc) is 2.70. The summed E-state index contributed by atoms with van der Waals surface area (Å²) < 4.78 is 5.21. The molecule has 2 N–H and O–H groups in total. The summed E-state index contributed by atoms with van der Waals surface area (Å²) in [4.78, 5) is 21.9. The third kappa shape index (κ3) is 2.90. The van der Waals surface area contributed by atoms with E-state index < -0.39 is 18.4 Å². The van der Waals surface area contributed by atoms with Gasteiger partial charge in [-0.25, -0.2) is 0 Å². The number of amides is 1. The molecule has 0 aliphatic heterocycles. The van der Waals surface area contributed by atoms with E-state index >= 15 is 0 Å². The number of nitrogens with zero attached hydrogens (tertiary/aromatic N) is 1. The third-order valence-corrected chi connectivity index (χ3v) is 2.74. The lowest BCUT2D eigenvalue weighted by atomic mass is 10.1. The normalized spacial score (nSPS) is 10.6. The predicted molar refractivity (Wildman–Crippen MR) is 67.8 cm³/mol. The third-order valence-electron chi connectivity index (χ3n) is 2.74. The van der Waals surface area contributed by atoms with Gasteiger partial charge >= 0.3 is 5.97 Å². The van der Waals surface area contributed by atoms with E-state index in [-0.39, 0.29) is 6.42 Å². The molecule has 2 rings (SSSR count). The number of carbonyl (C=O) groups is 2. The Morgan fingerprint density at radius 1 is 1.37 bits per heavy atom. The van der Waals surface area contributed by atoms with Gasteiger partial charge in [-0.15, -0.1) is 0 Å². The van der Waals surface area contributed by atoms with Gasteiger partial charge in [0, 0.05) is 5.39 Å². The molecule has 0 radical (unpaired) electrons. The summed E-state index contributed by atoms with van der Waals surface area (Å²) in [7, 11) is 0. The van der Waals surface area contributed by atoms with Gasteiger partial charge in [0.15, 0.2) is 5.58 Å². The minimum atomic E-state index is -1.08. The van der Waals surface area contributed by atoms with Gasteiger partial charge in [0.1, 0.15) is 12.2 Å². The van der Waals surface area contributed by atoms with Gasteiger partial charge in [-0.1, -0.05) is 11.2 Å².